The van der Waals surface area contributed by atoms with Crippen molar-refractivity contribution in [1.29, 1.82) is 0 Å². The number of carboxylic acid groups (broad SMARTS) is 1. The van der Waals surface area contributed by atoms with Gasteiger partial charge in [0.25, 0.3) is 0 Å². The molecule has 2 N–H and O–H groups in total. The lowest BCUT2D eigenvalue weighted by molar-refractivity contribution is -0.137. The van der Waals surface area contributed by atoms with Gasteiger partial charge in [0, 0.05) is 21.8 Å². The molecule has 1 aromatic heterocycles. The molecule has 0 aliphatic heterocycles. The van der Waals surface area contributed by atoms with E-state index in [2.05, 4.69) is 25.1 Å². The van der Waals surface area contributed by atoms with Crippen LogP contribution in [0.3, 0.4) is 0 Å². The standard InChI is InChI=1S/C29H31N3O3S/c1-29(15-6-3-7-16-29)23-17-20(9-8-12-27(33)34)18-26(28(23)35)32-30-24-14-13-22(19-25(24)31-32)36-21-10-4-2-5-11-21/h2,4-5,10-11,13-14,17-19,35H,3,6-9,12,15-16H2,1H3,(H,33,34). The Balaban J connectivity index is 1.53. The van der Waals surface area contributed by atoms with Gasteiger partial charge in [-0.1, -0.05) is 62.2 Å². The topological polar surface area (TPSA) is 88.2 Å². The van der Waals surface area contributed by atoms with Crippen LogP contribution in [0.15, 0.2) is 70.5 Å². The molecule has 0 amide bonds. The van der Waals surface area contributed by atoms with E-state index in [4.69, 9.17) is 15.3 Å². The predicted molar refractivity (Wildman–Crippen MR) is 142 cm³/mol. The van der Waals surface area contributed by atoms with Crippen LogP contribution in [0.4, 0.5) is 0 Å². The largest absolute Gasteiger partial charge is 0.505 e. The second-order valence-electron chi connectivity index (χ2n) is 9.93. The van der Waals surface area contributed by atoms with Crippen LogP contribution < -0.4 is 0 Å². The number of rotatable bonds is 8. The quantitative estimate of drug-likeness (QED) is 0.273. The summed E-state index contributed by atoms with van der Waals surface area (Å²) in [5.41, 5.74) is 3.88. The molecule has 1 aliphatic carbocycles. The number of carbonyl (C=O) groups is 1. The average Bonchev–Trinajstić information content (AvgIpc) is 3.29. The minimum absolute atomic E-state index is 0.119. The molecule has 36 heavy (non-hydrogen) atoms. The summed E-state index contributed by atoms with van der Waals surface area (Å²) < 4.78 is 0. The summed E-state index contributed by atoms with van der Waals surface area (Å²) in [7, 11) is 0. The fourth-order valence-corrected chi connectivity index (χ4v) is 6.04. The number of aliphatic carboxylic acids is 1. The third kappa shape index (κ3) is 5.26. The summed E-state index contributed by atoms with van der Waals surface area (Å²) in [6.07, 6.45) is 6.83. The number of benzene rings is 3. The minimum atomic E-state index is -0.794. The number of hydrogen-bond acceptors (Lipinski definition) is 5. The maximum absolute atomic E-state index is 11.5. The van der Waals surface area contributed by atoms with E-state index in [1.54, 1.807) is 11.8 Å². The van der Waals surface area contributed by atoms with Crippen LogP contribution in [-0.4, -0.2) is 31.2 Å². The third-order valence-electron chi connectivity index (χ3n) is 7.16. The highest BCUT2D eigenvalue weighted by Gasteiger charge is 2.33. The highest BCUT2D eigenvalue weighted by Crippen LogP contribution is 2.45. The lowest BCUT2D eigenvalue weighted by Gasteiger charge is -2.35. The molecule has 0 radical (unpaired) electrons. The first-order chi connectivity index (χ1) is 17.4. The van der Waals surface area contributed by atoms with Crippen molar-refractivity contribution in [3.05, 3.63) is 71.8 Å². The van der Waals surface area contributed by atoms with Gasteiger partial charge >= 0.3 is 5.97 Å². The van der Waals surface area contributed by atoms with Crippen LogP contribution >= 0.6 is 11.8 Å². The molecule has 1 heterocycles. The van der Waals surface area contributed by atoms with Gasteiger partial charge < -0.3 is 10.2 Å². The Morgan fingerprint density at radius 3 is 2.47 bits per heavy atom. The minimum Gasteiger partial charge on any atom is -0.505 e. The van der Waals surface area contributed by atoms with Gasteiger partial charge in [-0.15, -0.1) is 15.0 Å². The zero-order chi connectivity index (χ0) is 25.1. The van der Waals surface area contributed by atoms with Crippen molar-refractivity contribution in [2.24, 2.45) is 0 Å². The van der Waals surface area contributed by atoms with Crippen LogP contribution in [0.1, 0.15) is 63.0 Å². The summed E-state index contributed by atoms with van der Waals surface area (Å²) in [6, 6.07) is 20.2. The molecule has 0 spiro atoms. The molecular weight excluding hydrogens is 470 g/mol. The van der Waals surface area contributed by atoms with E-state index in [0.717, 1.165) is 57.6 Å². The Morgan fingerprint density at radius 1 is 0.972 bits per heavy atom. The number of phenolic OH excluding ortho intramolecular Hbond substituents is 1. The lowest BCUT2D eigenvalue weighted by atomic mass is 9.70. The van der Waals surface area contributed by atoms with E-state index in [1.165, 1.54) is 11.2 Å². The number of phenols is 1. The third-order valence-corrected chi connectivity index (χ3v) is 8.16. The molecule has 1 aliphatic rings. The van der Waals surface area contributed by atoms with E-state index >= 15 is 0 Å². The van der Waals surface area contributed by atoms with Crippen molar-refractivity contribution in [3.8, 4) is 11.4 Å². The van der Waals surface area contributed by atoms with Crippen molar-refractivity contribution in [2.45, 2.75) is 73.5 Å². The number of carboxylic acids is 1. The van der Waals surface area contributed by atoms with Crippen molar-refractivity contribution in [3.63, 3.8) is 0 Å². The van der Waals surface area contributed by atoms with Gasteiger partial charge in [0.05, 0.1) is 0 Å². The molecule has 0 unspecified atom stereocenters. The van der Waals surface area contributed by atoms with Gasteiger partial charge in [-0.05, 0) is 73.1 Å². The molecule has 6 nitrogen and oxygen atoms in total. The molecule has 3 aromatic carbocycles. The monoisotopic (exact) mass is 501 g/mol. The van der Waals surface area contributed by atoms with Gasteiger partial charge in [-0.2, -0.15) is 0 Å². The first-order valence-corrected chi connectivity index (χ1v) is 13.4. The van der Waals surface area contributed by atoms with Crippen LogP contribution in [0.2, 0.25) is 0 Å². The maximum Gasteiger partial charge on any atom is 0.303 e. The van der Waals surface area contributed by atoms with E-state index in [-0.39, 0.29) is 17.6 Å². The summed E-state index contributed by atoms with van der Waals surface area (Å²) in [4.78, 5) is 14.8. The van der Waals surface area contributed by atoms with Gasteiger partial charge in [0.2, 0.25) is 0 Å². The Hall–Kier alpha value is -3.32. The molecule has 0 atom stereocenters. The summed E-state index contributed by atoms with van der Waals surface area (Å²) in [5, 5.41) is 30.0. The van der Waals surface area contributed by atoms with E-state index in [1.807, 2.05) is 42.5 Å². The number of hydrogen-bond donors (Lipinski definition) is 2. The van der Waals surface area contributed by atoms with Crippen molar-refractivity contribution in [1.82, 2.24) is 15.0 Å². The normalized spacial score (nSPS) is 15.2. The van der Waals surface area contributed by atoms with E-state index < -0.39 is 5.97 Å². The number of aromatic hydroxyl groups is 1. The van der Waals surface area contributed by atoms with Gasteiger partial charge in [-0.25, -0.2) is 0 Å². The molecule has 1 saturated carbocycles. The zero-order valence-corrected chi connectivity index (χ0v) is 21.3. The first kappa shape index (κ1) is 24.4. The molecule has 5 rings (SSSR count). The van der Waals surface area contributed by atoms with E-state index in [9.17, 15) is 9.90 Å². The van der Waals surface area contributed by atoms with Gasteiger partial charge in [-0.3, -0.25) is 4.79 Å². The second kappa shape index (κ2) is 10.3. The highest BCUT2D eigenvalue weighted by atomic mass is 32.2. The summed E-state index contributed by atoms with van der Waals surface area (Å²) in [6.45, 7) is 2.23. The fraction of sp³-hybridized carbons (Fsp3) is 0.345. The van der Waals surface area contributed by atoms with Crippen molar-refractivity contribution >= 4 is 28.8 Å². The smallest absolute Gasteiger partial charge is 0.303 e. The molecule has 0 bridgehead atoms. The molecule has 4 aromatic rings. The predicted octanol–water partition coefficient (Wildman–Crippen LogP) is 6.91. The summed E-state index contributed by atoms with van der Waals surface area (Å²) in [5.74, 6) is -0.571. The molecule has 7 heteroatoms. The number of fused-ring (bicyclic) bond motifs is 1. The Kier molecular flexibility index (Phi) is 7.01. The maximum atomic E-state index is 11.5. The molecule has 0 saturated heterocycles. The molecular formula is C29H31N3O3S. The fourth-order valence-electron chi connectivity index (χ4n) is 5.17. The Morgan fingerprint density at radius 2 is 1.72 bits per heavy atom. The number of aromatic nitrogens is 3. The van der Waals surface area contributed by atoms with Gasteiger partial charge in [0.15, 0.2) is 0 Å². The number of aryl methyl sites for hydroxylation is 1. The van der Waals surface area contributed by atoms with Crippen molar-refractivity contribution in [2.75, 3.05) is 0 Å². The van der Waals surface area contributed by atoms with Crippen LogP contribution in [-0.2, 0) is 16.6 Å². The average molecular weight is 502 g/mol. The Labute approximate surface area is 215 Å². The summed E-state index contributed by atoms with van der Waals surface area (Å²) >= 11 is 1.67. The SMILES string of the molecule is CC1(c2cc(CCCC(=O)O)cc(-n3nc4ccc(Sc5ccccc5)cc4n3)c2O)CCCCC1. The highest BCUT2D eigenvalue weighted by molar-refractivity contribution is 7.99. The lowest BCUT2D eigenvalue weighted by Crippen LogP contribution is -2.26. The van der Waals surface area contributed by atoms with Crippen LogP contribution in [0, 0.1) is 0 Å². The molecule has 186 valence electrons. The van der Waals surface area contributed by atoms with Crippen molar-refractivity contribution < 1.29 is 15.0 Å². The van der Waals surface area contributed by atoms with Gasteiger partial charge in [0.1, 0.15) is 22.5 Å². The van der Waals surface area contributed by atoms with E-state index in [0.29, 0.717) is 18.5 Å². The molecule has 1 fully saturated rings. The number of nitrogens with zero attached hydrogens (tertiary/aromatic N) is 3. The van der Waals surface area contributed by atoms with Crippen LogP contribution in [0.25, 0.3) is 16.7 Å². The van der Waals surface area contributed by atoms with Crippen LogP contribution in [0.5, 0.6) is 5.75 Å². The Bertz CT molecular complexity index is 1380. The zero-order valence-electron chi connectivity index (χ0n) is 20.5. The second-order valence-corrected chi connectivity index (χ2v) is 11.1. The first-order valence-electron chi connectivity index (χ1n) is 12.6.